The van der Waals surface area contributed by atoms with Crippen LogP contribution in [0.4, 0.5) is 13.2 Å². The number of aromatic hydroxyl groups is 1. The Hall–Kier alpha value is -3.00. The van der Waals surface area contributed by atoms with Gasteiger partial charge in [-0.1, -0.05) is 11.6 Å². The van der Waals surface area contributed by atoms with Crippen LogP contribution in [0.5, 0.6) is 5.75 Å². The summed E-state index contributed by atoms with van der Waals surface area (Å²) in [5, 5.41) is 22.4. The molecule has 190 valence electrons. The van der Waals surface area contributed by atoms with Crippen LogP contribution in [0.25, 0.3) is 22.0 Å². The number of aromatic nitrogens is 1. The van der Waals surface area contributed by atoms with Crippen LogP contribution < -0.4 is 10.9 Å². The summed E-state index contributed by atoms with van der Waals surface area (Å²) in [6.07, 6.45) is -2.59. The summed E-state index contributed by atoms with van der Waals surface area (Å²) < 4.78 is 40.4. The van der Waals surface area contributed by atoms with E-state index in [1.165, 1.54) is 18.2 Å². The second-order valence-corrected chi connectivity index (χ2v) is 9.44. The van der Waals surface area contributed by atoms with Crippen molar-refractivity contribution in [2.45, 2.75) is 36.8 Å². The van der Waals surface area contributed by atoms with Gasteiger partial charge in [0.2, 0.25) is 0 Å². The van der Waals surface area contributed by atoms with Gasteiger partial charge in [-0.15, -0.1) is 11.8 Å². The number of phenols is 1. The number of hydrogen-bond acceptors (Lipinski definition) is 6. The summed E-state index contributed by atoms with van der Waals surface area (Å²) >= 11 is 7.01. The van der Waals surface area contributed by atoms with Crippen molar-refractivity contribution < 1.29 is 23.1 Å². The maximum atomic E-state index is 13.5. The molecular weight excluding hydrogens is 515 g/mol. The number of Topliss-reactive ketones (excluding diaryl/α,β-unsaturated/α-hetero) is 1. The molecule has 3 N–H and O–H groups in total. The lowest BCUT2D eigenvalue weighted by atomic mass is 9.98. The van der Waals surface area contributed by atoms with E-state index in [1.807, 2.05) is 6.07 Å². The van der Waals surface area contributed by atoms with E-state index in [2.05, 4.69) is 10.3 Å². The minimum atomic E-state index is -4.62. The normalized spacial score (nSPS) is 11.5. The summed E-state index contributed by atoms with van der Waals surface area (Å²) in [6, 6.07) is 9.05. The molecule has 2 aromatic carbocycles. The summed E-state index contributed by atoms with van der Waals surface area (Å²) in [5.41, 5.74) is -1.17. The smallest absolute Gasteiger partial charge is 0.416 e. The highest BCUT2D eigenvalue weighted by Gasteiger charge is 2.31. The molecule has 11 heteroatoms. The second kappa shape index (κ2) is 12.3. The molecule has 3 aromatic rings. The van der Waals surface area contributed by atoms with Crippen LogP contribution in [-0.4, -0.2) is 34.7 Å². The van der Waals surface area contributed by atoms with Crippen LogP contribution >= 0.6 is 23.4 Å². The number of ketones is 1. The zero-order chi connectivity index (χ0) is 26.3. The number of rotatable bonds is 11. The summed E-state index contributed by atoms with van der Waals surface area (Å²) in [6.45, 7) is 1.26. The van der Waals surface area contributed by atoms with Gasteiger partial charge in [0.25, 0.3) is 5.56 Å². The van der Waals surface area contributed by atoms with Crippen LogP contribution in [0.3, 0.4) is 0 Å². The Kier molecular flexibility index (Phi) is 9.43. The van der Waals surface area contributed by atoms with Crippen molar-refractivity contribution in [1.82, 2.24) is 10.3 Å². The first-order valence-electron chi connectivity index (χ1n) is 11.1. The molecule has 36 heavy (non-hydrogen) atoms. The third-order valence-corrected chi connectivity index (χ3v) is 6.76. The molecule has 0 radical (unpaired) electrons. The Bertz CT molecular complexity index is 1350. The van der Waals surface area contributed by atoms with Gasteiger partial charge in [-0.3, -0.25) is 9.59 Å². The number of halogens is 4. The average Bonchev–Trinajstić information content (AvgIpc) is 2.82. The number of thioether (sulfide) groups is 1. The minimum absolute atomic E-state index is 0.0194. The molecule has 1 aromatic heterocycles. The van der Waals surface area contributed by atoms with Gasteiger partial charge in [0.05, 0.1) is 22.3 Å². The number of pyridine rings is 1. The van der Waals surface area contributed by atoms with Crippen LogP contribution in [0.15, 0.2) is 46.1 Å². The maximum Gasteiger partial charge on any atom is 0.416 e. The lowest BCUT2D eigenvalue weighted by Crippen LogP contribution is -2.16. The molecule has 0 saturated carbocycles. The van der Waals surface area contributed by atoms with Crippen LogP contribution in [0.1, 0.15) is 31.2 Å². The largest absolute Gasteiger partial charge is 0.507 e. The number of carbonyl (C=O) groups excluding carboxylic acids is 1. The molecule has 0 unspecified atom stereocenters. The average molecular weight is 538 g/mol. The van der Waals surface area contributed by atoms with E-state index < -0.39 is 17.3 Å². The number of nitrogens with one attached hydrogen (secondary N) is 2. The van der Waals surface area contributed by atoms with Crippen molar-refractivity contribution in [1.29, 1.82) is 5.26 Å². The molecule has 1 heterocycles. The van der Waals surface area contributed by atoms with E-state index in [0.29, 0.717) is 25.9 Å². The molecule has 0 bridgehead atoms. The van der Waals surface area contributed by atoms with Crippen molar-refractivity contribution in [3.63, 3.8) is 0 Å². The number of carbonyl (C=O) groups is 1. The molecule has 0 spiro atoms. The molecule has 3 rings (SSSR count). The van der Waals surface area contributed by atoms with Gasteiger partial charge < -0.3 is 15.4 Å². The Labute approximate surface area is 214 Å². The number of unbranched alkanes of at least 4 members (excludes halogenated alkanes) is 1. The molecule has 0 aliphatic carbocycles. The Morgan fingerprint density at radius 1 is 1.17 bits per heavy atom. The molecule has 0 aliphatic heterocycles. The van der Waals surface area contributed by atoms with E-state index in [9.17, 15) is 27.9 Å². The summed E-state index contributed by atoms with van der Waals surface area (Å²) in [7, 11) is 0. The van der Waals surface area contributed by atoms with E-state index >= 15 is 0 Å². The van der Waals surface area contributed by atoms with E-state index in [4.69, 9.17) is 16.9 Å². The fourth-order valence-electron chi connectivity index (χ4n) is 3.63. The highest BCUT2D eigenvalue weighted by molar-refractivity contribution is 8.00. The molecule has 0 saturated heterocycles. The standard InChI is InChI=1S/C25H23ClF3N3O3S/c26-16-6-8-21(34)19(13-16)22-18-12-15(25(27,28)29)5-7-20(18)32-24(35)23(22)36-14-17(33)4-1-2-10-31-11-3-9-30/h5-8,12-13,31,34H,1-4,10-11,14H2,(H,32,35). The number of aromatic amines is 1. The maximum absolute atomic E-state index is 13.5. The van der Waals surface area contributed by atoms with Crippen molar-refractivity contribution >= 4 is 40.0 Å². The molecule has 0 atom stereocenters. The quantitative estimate of drug-likeness (QED) is 0.207. The van der Waals surface area contributed by atoms with E-state index in [-0.39, 0.29) is 55.7 Å². The molecule has 0 amide bonds. The van der Waals surface area contributed by atoms with Gasteiger partial charge in [-0.2, -0.15) is 18.4 Å². The number of hydrogen-bond donors (Lipinski definition) is 3. The van der Waals surface area contributed by atoms with Crippen LogP contribution in [-0.2, 0) is 11.0 Å². The number of benzene rings is 2. The fourth-order valence-corrected chi connectivity index (χ4v) is 4.80. The van der Waals surface area contributed by atoms with Crippen molar-refractivity contribution in [2.24, 2.45) is 0 Å². The Morgan fingerprint density at radius 2 is 1.94 bits per heavy atom. The molecule has 0 fully saturated rings. The highest BCUT2D eigenvalue weighted by atomic mass is 35.5. The predicted octanol–water partition coefficient (Wildman–Crippen LogP) is 5.91. The molecular formula is C25H23ClF3N3O3S. The first-order chi connectivity index (χ1) is 17.1. The van der Waals surface area contributed by atoms with Gasteiger partial charge in [-0.05, 0) is 55.8 Å². The van der Waals surface area contributed by atoms with Crippen LogP contribution in [0, 0.1) is 11.3 Å². The van der Waals surface area contributed by atoms with Gasteiger partial charge in [-0.25, -0.2) is 0 Å². The third kappa shape index (κ3) is 7.03. The number of alkyl halides is 3. The second-order valence-electron chi connectivity index (χ2n) is 8.02. The number of nitriles is 1. The zero-order valence-electron chi connectivity index (χ0n) is 19.0. The van der Waals surface area contributed by atoms with Gasteiger partial charge in [0.15, 0.2) is 0 Å². The van der Waals surface area contributed by atoms with Crippen LogP contribution in [0.2, 0.25) is 5.02 Å². The van der Waals surface area contributed by atoms with Crippen molar-refractivity contribution in [3.05, 3.63) is 57.3 Å². The first kappa shape index (κ1) is 27.6. The summed E-state index contributed by atoms with van der Waals surface area (Å²) in [4.78, 5) is 28.0. The molecule has 0 aliphatic rings. The lowest BCUT2D eigenvalue weighted by Gasteiger charge is -2.16. The Balaban J connectivity index is 1.92. The Morgan fingerprint density at radius 3 is 2.67 bits per heavy atom. The predicted molar refractivity (Wildman–Crippen MR) is 134 cm³/mol. The SMILES string of the molecule is N#CCCNCCCCC(=O)CSc1c(-c2cc(Cl)ccc2O)c2cc(C(F)(F)F)ccc2[nH]c1=O. The fraction of sp³-hybridized carbons (Fsp3) is 0.320. The monoisotopic (exact) mass is 537 g/mol. The highest BCUT2D eigenvalue weighted by Crippen LogP contribution is 2.42. The first-order valence-corrected chi connectivity index (χ1v) is 12.5. The van der Waals surface area contributed by atoms with Gasteiger partial charge >= 0.3 is 6.18 Å². The van der Waals surface area contributed by atoms with E-state index in [1.54, 1.807) is 0 Å². The summed E-state index contributed by atoms with van der Waals surface area (Å²) in [5.74, 6) is -0.452. The number of H-pyrrole nitrogens is 1. The van der Waals surface area contributed by atoms with Crippen molar-refractivity contribution in [2.75, 3.05) is 18.8 Å². The topological polar surface area (TPSA) is 106 Å². The minimum Gasteiger partial charge on any atom is -0.507 e. The lowest BCUT2D eigenvalue weighted by molar-refractivity contribution is -0.137. The number of fused-ring (bicyclic) bond motifs is 1. The number of phenolic OH excluding ortho intramolecular Hbond substituents is 1. The third-order valence-electron chi connectivity index (χ3n) is 5.38. The molecule has 6 nitrogen and oxygen atoms in total. The van der Waals surface area contributed by atoms with Gasteiger partial charge in [0.1, 0.15) is 11.5 Å². The van der Waals surface area contributed by atoms with E-state index in [0.717, 1.165) is 36.4 Å². The zero-order valence-corrected chi connectivity index (χ0v) is 20.6. The van der Waals surface area contributed by atoms with Gasteiger partial charge in [0, 0.05) is 46.4 Å². The van der Waals surface area contributed by atoms with Crippen molar-refractivity contribution in [3.8, 4) is 22.9 Å². The number of nitrogens with zero attached hydrogens (tertiary/aromatic N) is 1.